The van der Waals surface area contributed by atoms with Crippen LogP contribution in [-0.4, -0.2) is 17.7 Å². The summed E-state index contributed by atoms with van der Waals surface area (Å²) in [6.45, 7) is 6.69. The summed E-state index contributed by atoms with van der Waals surface area (Å²) in [5.41, 5.74) is 2.63. The molecule has 1 aromatic rings. The SMILES string of the molecule is Cc1ccc(CSCCC(=O)N[C@@H]2CCC[C@H](C)[C@H]2C)cc1. The average Bonchev–Trinajstić information content (AvgIpc) is 2.50. The number of hydrogen-bond acceptors (Lipinski definition) is 2. The summed E-state index contributed by atoms with van der Waals surface area (Å²) in [5.74, 6) is 3.45. The predicted octanol–water partition coefficient (Wildman–Crippen LogP) is 4.56. The maximum absolute atomic E-state index is 12.1. The molecule has 0 bridgehead atoms. The second-order valence-corrected chi connectivity index (χ2v) is 7.83. The minimum atomic E-state index is 0.224. The van der Waals surface area contributed by atoms with E-state index in [1.807, 2.05) is 11.8 Å². The van der Waals surface area contributed by atoms with Gasteiger partial charge in [0.25, 0.3) is 0 Å². The van der Waals surface area contributed by atoms with Gasteiger partial charge in [-0.05, 0) is 30.7 Å². The van der Waals surface area contributed by atoms with Crippen LogP contribution in [0.1, 0.15) is 50.7 Å². The Kier molecular flexibility index (Phi) is 6.81. The molecular formula is C19H29NOS. The van der Waals surface area contributed by atoms with Crippen molar-refractivity contribution in [3.63, 3.8) is 0 Å². The van der Waals surface area contributed by atoms with E-state index in [0.717, 1.165) is 23.8 Å². The first kappa shape index (κ1) is 17.4. The van der Waals surface area contributed by atoms with Crippen molar-refractivity contribution in [2.75, 3.05) is 5.75 Å². The van der Waals surface area contributed by atoms with Crippen LogP contribution in [0.5, 0.6) is 0 Å². The molecule has 2 nitrogen and oxygen atoms in total. The number of nitrogens with one attached hydrogen (secondary N) is 1. The molecule has 22 heavy (non-hydrogen) atoms. The molecule has 0 unspecified atom stereocenters. The summed E-state index contributed by atoms with van der Waals surface area (Å²) >= 11 is 1.84. The van der Waals surface area contributed by atoms with E-state index < -0.39 is 0 Å². The van der Waals surface area contributed by atoms with Gasteiger partial charge < -0.3 is 5.32 Å². The highest BCUT2D eigenvalue weighted by Crippen LogP contribution is 2.29. The number of carbonyl (C=O) groups excluding carboxylic acids is 1. The van der Waals surface area contributed by atoms with E-state index in [9.17, 15) is 4.79 Å². The summed E-state index contributed by atoms with van der Waals surface area (Å²) in [4.78, 5) is 12.1. The smallest absolute Gasteiger partial charge is 0.221 e. The van der Waals surface area contributed by atoms with Crippen molar-refractivity contribution < 1.29 is 4.79 Å². The Hall–Kier alpha value is -0.960. The van der Waals surface area contributed by atoms with Gasteiger partial charge >= 0.3 is 0 Å². The number of rotatable bonds is 6. The predicted molar refractivity (Wildman–Crippen MR) is 96.1 cm³/mol. The van der Waals surface area contributed by atoms with Crippen LogP contribution in [0.3, 0.4) is 0 Å². The average molecular weight is 320 g/mol. The van der Waals surface area contributed by atoms with Crippen molar-refractivity contribution in [3.8, 4) is 0 Å². The Labute approximate surface area is 139 Å². The molecule has 0 saturated heterocycles. The van der Waals surface area contributed by atoms with Gasteiger partial charge in [-0.1, -0.05) is 56.5 Å². The Bertz CT molecular complexity index is 471. The van der Waals surface area contributed by atoms with Crippen LogP contribution in [0.25, 0.3) is 0 Å². The second kappa shape index (κ2) is 8.61. The van der Waals surface area contributed by atoms with E-state index in [1.165, 1.54) is 24.0 Å². The summed E-state index contributed by atoms with van der Waals surface area (Å²) in [5, 5.41) is 3.25. The number of aryl methyl sites for hydroxylation is 1. The zero-order valence-corrected chi connectivity index (χ0v) is 14.9. The van der Waals surface area contributed by atoms with Crippen LogP contribution >= 0.6 is 11.8 Å². The van der Waals surface area contributed by atoms with Crippen molar-refractivity contribution >= 4 is 17.7 Å². The molecule has 1 aliphatic carbocycles. The molecule has 0 aromatic heterocycles. The number of thioether (sulfide) groups is 1. The zero-order valence-electron chi connectivity index (χ0n) is 14.1. The molecule has 122 valence electrons. The third kappa shape index (κ3) is 5.35. The molecule has 1 N–H and O–H groups in total. The van der Waals surface area contributed by atoms with E-state index in [1.54, 1.807) is 0 Å². The Balaban J connectivity index is 1.64. The standard InChI is InChI=1S/C19H29NOS/c1-14-7-9-17(10-8-14)13-22-12-11-19(21)20-18-6-4-5-15(2)16(18)3/h7-10,15-16,18H,4-6,11-13H2,1-3H3,(H,20,21)/t15-,16+,18+/m0/s1. The lowest BCUT2D eigenvalue weighted by Crippen LogP contribution is -2.43. The minimum Gasteiger partial charge on any atom is -0.353 e. The minimum absolute atomic E-state index is 0.224. The van der Waals surface area contributed by atoms with Gasteiger partial charge in [0.15, 0.2) is 0 Å². The van der Waals surface area contributed by atoms with E-state index in [2.05, 4.69) is 50.4 Å². The normalized spacial score (nSPS) is 25.0. The maximum atomic E-state index is 12.1. The van der Waals surface area contributed by atoms with Gasteiger partial charge in [0.2, 0.25) is 5.91 Å². The van der Waals surface area contributed by atoms with Crippen LogP contribution in [0.4, 0.5) is 0 Å². The van der Waals surface area contributed by atoms with Crippen molar-refractivity contribution in [2.24, 2.45) is 11.8 Å². The highest BCUT2D eigenvalue weighted by Gasteiger charge is 2.27. The molecule has 0 spiro atoms. The van der Waals surface area contributed by atoms with E-state index in [4.69, 9.17) is 0 Å². The van der Waals surface area contributed by atoms with E-state index >= 15 is 0 Å². The first-order valence-electron chi connectivity index (χ1n) is 8.49. The first-order valence-corrected chi connectivity index (χ1v) is 9.64. The van der Waals surface area contributed by atoms with Crippen molar-refractivity contribution in [1.82, 2.24) is 5.32 Å². The van der Waals surface area contributed by atoms with Crippen LogP contribution in [0.15, 0.2) is 24.3 Å². The van der Waals surface area contributed by atoms with Crippen molar-refractivity contribution in [2.45, 2.75) is 58.2 Å². The van der Waals surface area contributed by atoms with Gasteiger partial charge in [-0.3, -0.25) is 4.79 Å². The van der Waals surface area contributed by atoms with Gasteiger partial charge in [0.1, 0.15) is 0 Å². The molecule has 0 radical (unpaired) electrons. The third-order valence-corrected chi connectivity index (χ3v) is 5.95. The molecule has 3 atom stereocenters. The molecule has 1 amide bonds. The third-order valence-electron chi connectivity index (χ3n) is 4.92. The van der Waals surface area contributed by atoms with Crippen molar-refractivity contribution in [3.05, 3.63) is 35.4 Å². The fourth-order valence-electron chi connectivity index (χ4n) is 3.10. The van der Waals surface area contributed by atoms with Gasteiger partial charge in [-0.25, -0.2) is 0 Å². The highest BCUT2D eigenvalue weighted by molar-refractivity contribution is 7.98. The second-order valence-electron chi connectivity index (χ2n) is 6.73. The lowest BCUT2D eigenvalue weighted by atomic mass is 9.78. The Morgan fingerprint density at radius 2 is 1.95 bits per heavy atom. The van der Waals surface area contributed by atoms with Gasteiger partial charge in [-0.2, -0.15) is 11.8 Å². The highest BCUT2D eigenvalue weighted by atomic mass is 32.2. The topological polar surface area (TPSA) is 29.1 Å². The number of hydrogen-bond donors (Lipinski definition) is 1. The number of amides is 1. The fraction of sp³-hybridized carbons (Fsp3) is 0.632. The largest absolute Gasteiger partial charge is 0.353 e. The van der Waals surface area contributed by atoms with Crippen LogP contribution in [-0.2, 0) is 10.5 Å². The number of benzene rings is 1. The molecular weight excluding hydrogens is 290 g/mol. The quantitative estimate of drug-likeness (QED) is 0.779. The molecule has 0 aliphatic heterocycles. The first-order chi connectivity index (χ1) is 10.6. The van der Waals surface area contributed by atoms with E-state index in [-0.39, 0.29) is 5.91 Å². The lowest BCUT2D eigenvalue weighted by Gasteiger charge is -2.34. The molecule has 1 saturated carbocycles. The molecule has 1 aliphatic rings. The lowest BCUT2D eigenvalue weighted by molar-refractivity contribution is -0.122. The summed E-state index contributed by atoms with van der Waals surface area (Å²) in [6, 6.07) is 9.03. The Morgan fingerprint density at radius 3 is 2.68 bits per heavy atom. The van der Waals surface area contributed by atoms with Crippen molar-refractivity contribution in [1.29, 1.82) is 0 Å². The zero-order chi connectivity index (χ0) is 15.9. The molecule has 1 fully saturated rings. The summed E-state index contributed by atoms with van der Waals surface area (Å²) < 4.78 is 0. The van der Waals surface area contributed by atoms with Crippen LogP contribution in [0, 0.1) is 18.8 Å². The van der Waals surface area contributed by atoms with Gasteiger partial charge in [0, 0.05) is 24.0 Å². The summed E-state index contributed by atoms with van der Waals surface area (Å²) in [6.07, 6.45) is 4.33. The fourth-order valence-corrected chi connectivity index (χ4v) is 4.01. The van der Waals surface area contributed by atoms with Gasteiger partial charge in [-0.15, -0.1) is 0 Å². The number of carbonyl (C=O) groups is 1. The maximum Gasteiger partial charge on any atom is 0.221 e. The van der Waals surface area contributed by atoms with Gasteiger partial charge in [0.05, 0.1) is 0 Å². The van der Waals surface area contributed by atoms with E-state index in [0.29, 0.717) is 18.4 Å². The summed E-state index contributed by atoms with van der Waals surface area (Å²) in [7, 11) is 0. The molecule has 0 heterocycles. The van der Waals surface area contributed by atoms with Crippen LogP contribution < -0.4 is 5.32 Å². The molecule has 3 heteroatoms. The Morgan fingerprint density at radius 1 is 1.23 bits per heavy atom. The van der Waals surface area contributed by atoms with Crippen LogP contribution in [0.2, 0.25) is 0 Å². The monoisotopic (exact) mass is 319 g/mol. The molecule has 1 aromatic carbocycles. The molecule has 2 rings (SSSR count).